The lowest BCUT2D eigenvalue weighted by molar-refractivity contribution is 0.340. The summed E-state index contributed by atoms with van der Waals surface area (Å²) in [6.45, 7) is 0.978. The van der Waals surface area contributed by atoms with E-state index in [0.29, 0.717) is 47.1 Å². The Bertz CT molecular complexity index is 1770. The van der Waals surface area contributed by atoms with Gasteiger partial charge in [0.15, 0.2) is 5.82 Å². The van der Waals surface area contributed by atoms with Crippen LogP contribution < -0.4 is 10.1 Å². The van der Waals surface area contributed by atoms with Crippen LogP contribution in [0.25, 0.3) is 21.8 Å². The predicted molar refractivity (Wildman–Crippen MR) is 164 cm³/mol. The van der Waals surface area contributed by atoms with Gasteiger partial charge in [-0.15, -0.1) is 5.10 Å². The quantitative estimate of drug-likeness (QED) is 0.160. The molecule has 8 nitrogen and oxygen atoms in total. The van der Waals surface area contributed by atoms with Gasteiger partial charge in [0, 0.05) is 27.9 Å². The monoisotopic (exact) mass is 659 g/mol. The molecule has 1 saturated carbocycles. The van der Waals surface area contributed by atoms with Gasteiger partial charge in [0.1, 0.15) is 23.1 Å². The second-order valence-electron chi connectivity index (χ2n) is 10.4. The molecule has 12 heteroatoms. The minimum Gasteiger partial charge on any atom is -0.491 e. The number of halogens is 3. The van der Waals surface area contributed by atoms with Crippen molar-refractivity contribution in [2.75, 3.05) is 31.8 Å². The Morgan fingerprint density at radius 3 is 2.76 bits per heavy atom. The molecule has 0 aliphatic heterocycles. The molecule has 1 fully saturated rings. The number of nitrogens with one attached hydrogen (secondary N) is 1. The van der Waals surface area contributed by atoms with Gasteiger partial charge in [0.2, 0.25) is 0 Å². The number of hydrogen-bond donors (Lipinski definition) is 1. The second kappa shape index (κ2) is 11.7. The second-order valence-corrected chi connectivity index (χ2v) is 13.2. The standard InChI is InChI=1S/C29H28BrClFN5O3S/c1-36(2)15-19-6-7-20(40-19)16-41(38)10-9-39-27-12-21-25(13-22(27)30)37(18-4-5-18)26-14-33-35-29(28(21)26)34-17-3-8-24(32)23(31)11-17/h3,6-8,11-14,18H,4-5,9-10,15-16H2,1-2H3,(H,34,35). The molecule has 1 N–H and O–H groups in total. The summed E-state index contributed by atoms with van der Waals surface area (Å²) in [5, 5.41) is 13.7. The minimum atomic E-state index is -1.14. The summed E-state index contributed by atoms with van der Waals surface area (Å²) in [5.41, 5.74) is 2.59. The van der Waals surface area contributed by atoms with Crippen LogP contribution in [0.3, 0.4) is 0 Å². The fourth-order valence-electron chi connectivity index (χ4n) is 4.90. The molecule has 1 atom stereocenters. The van der Waals surface area contributed by atoms with Crippen molar-refractivity contribution in [1.82, 2.24) is 19.7 Å². The van der Waals surface area contributed by atoms with Crippen LogP contribution in [0, 0.1) is 5.82 Å². The van der Waals surface area contributed by atoms with Crippen LogP contribution in [0.4, 0.5) is 15.9 Å². The van der Waals surface area contributed by atoms with Crippen molar-refractivity contribution < 1.29 is 17.8 Å². The van der Waals surface area contributed by atoms with Gasteiger partial charge in [-0.1, -0.05) is 11.6 Å². The molecule has 0 saturated heterocycles. The molecule has 0 radical (unpaired) electrons. The van der Waals surface area contributed by atoms with Crippen LogP contribution >= 0.6 is 27.5 Å². The third-order valence-corrected chi connectivity index (χ3v) is 8.96. The summed E-state index contributed by atoms with van der Waals surface area (Å²) in [6.07, 6.45) is 3.95. The number of benzene rings is 2. The first-order valence-electron chi connectivity index (χ1n) is 13.2. The third-order valence-electron chi connectivity index (χ3n) is 6.82. The minimum absolute atomic E-state index is 0.0219. The number of anilines is 2. The van der Waals surface area contributed by atoms with E-state index < -0.39 is 16.6 Å². The smallest absolute Gasteiger partial charge is 0.163 e. The summed E-state index contributed by atoms with van der Waals surface area (Å²) < 4.78 is 41.5. The van der Waals surface area contributed by atoms with Crippen molar-refractivity contribution in [3.05, 3.63) is 75.5 Å². The van der Waals surface area contributed by atoms with Gasteiger partial charge in [0.25, 0.3) is 0 Å². The number of furan rings is 1. The van der Waals surface area contributed by atoms with E-state index in [-0.39, 0.29) is 11.6 Å². The number of fused-ring (bicyclic) bond motifs is 3. The molecule has 0 spiro atoms. The molecule has 3 aromatic heterocycles. The topological polar surface area (TPSA) is 85.4 Å². The highest BCUT2D eigenvalue weighted by Gasteiger charge is 2.29. The van der Waals surface area contributed by atoms with E-state index in [9.17, 15) is 8.60 Å². The molecule has 41 heavy (non-hydrogen) atoms. The van der Waals surface area contributed by atoms with Gasteiger partial charge in [0.05, 0.1) is 56.8 Å². The molecular formula is C29H28BrClFN5O3S. The summed E-state index contributed by atoms with van der Waals surface area (Å²) in [7, 11) is 2.81. The van der Waals surface area contributed by atoms with E-state index in [1.807, 2.05) is 43.3 Å². The molecule has 3 heterocycles. The Hall–Kier alpha value is -2.99. The zero-order valence-electron chi connectivity index (χ0n) is 22.5. The summed E-state index contributed by atoms with van der Waals surface area (Å²) in [4.78, 5) is 2.02. The lowest BCUT2D eigenvalue weighted by Gasteiger charge is -2.10. The molecule has 214 valence electrons. The van der Waals surface area contributed by atoms with Crippen LogP contribution in [0.1, 0.15) is 30.4 Å². The van der Waals surface area contributed by atoms with Crippen molar-refractivity contribution in [2.24, 2.45) is 0 Å². The molecule has 2 aromatic carbocycles. The summed E-state index contributed by atoms with van der Waals surface area (Å²) in [6, 6.07) is 12.7. The lowest BCUT2D eigenvalue weighted by atomic mass is 10.2. The number of aromatic nitrogens is 3. The first kappa shape index (κ1) is 28.1. The van der Waals surface area contributed by atoms with Gasteiger partial charge in [-0.05, 0) is 85.3 Å². The fraction of sp³-hybridized carbons (Fsp3) is 0.310. The van der Waals surface area contributed by atoms with Crippen molar-refractivity contribution in [1.29, 1.82) is 0 Å². The molecule has 1 aliphatic carbocycles. The molecule has 6 rings (SSSR count). The molecule has 5 aromatic rings. The first-order chi connectivity index (χ1) is 19.8. The SMILES string of the molecule is CN(C)Cc1ccc(CS(=O)CCOc2cc3c4c(Nc5ccc(F)c(Cl)c5)nncc4n(C4CC4)c3cc2Br)o1. The average Bonchev–Trinajstić information content (AvgIpc) is 3.58. The Labute approximate surface area is 252 Å². The van der Waals surface area contributed by atoms with Gasteiger partial charge < -0.3 is 23.9 Å². The van der Waals surface area contributed by atoms with Crippen molar-refractivity contribution in [3.8, 4) is 5.75 Å². The Morgan fingerprint density at radius 2 is 2.00 bits per heavy atom. The van der Waals surface area contributed by atoms with Gasteiger partial charge >= 0.3 is 0 Å². The largest absolute Gasteiger partial charge is 0.491 e. The molecule has 0 amide bonds. The van der Waals surface area contributed by atoms with Crippen LogP contribution in [0.5, 0.6) is 5.75 Å². The van der Waals surface area contributed by atoms with E-state index in [0.717, 1.165) is 44.9 Å². The maximum Gasteiger partial charge on any atom is 0.163 e. The Kier molecular flexibility index (Phi) is 8.04. The summed E-state index contributed by atoms with van der Waals surface area (Å²) in [5.74, 6) is 2.95. The number of hydrogen-bond acceptors (Lipinski definition) is 7. The fourth-order valence-corrected chi connectivity index (χ4v) is 6.42. The Morgan fingerprint density at radius 1 is 1.20 bits per heavy atom. The van der Waals surface area contributed by atoms with Gasteiger partial charge in [-0.2, -0.15) is 5.10 Å². The predicted octanol–water partition coefficient (Wildman–Crippen LogP) is 7.20. The maximum atomic E-state index is 13.7. The molecule has 1 aliphatic rings. The van der Waals surface area contributed by atoms with Crippen molar-refractivity contribution in [2.45, 2.75) is 31.2 Å². The van der Waals surface area contributed by atoms with Crippen molar-refractivity contribution >= 4 is 71.6 Å². The summed E-state index contributed by atoms with van der Waals surface area (Å²) >= 11 is 9.69. The zero-order valence-corrected chi connectivity index (χ0v) is 25.7. The molecule has 0 bridgehead atoms. The highest BCUT2D eigenvalue weighted by atomic mass is 79.9. The third kappa shape index (κ3) is 6.13. The van der Waals surface area contributed by atoms with E-state index in [1.165, 1.54) is 12.1 Å². The maximum absolute atomic E-state index is 13.7. The Balaban J connectivity index is 1.25. The average molecular weight is 661 g/mol. The molecular weight excluding hydrogens is 633 g/mol. The van der Waals surface area contributed by atoms with Crippen LogP contribution in [-0.2, 0) is 23.1 Å². The van der Waals surface area contributed by atoms with Crippen LogP contribution in [0.15, 0.2) is 57.6 Å². The normalized spacial score (nSPS) is 14.3. The lowest BCUT2D eigenvalue weighted by Crippen LogP contribution is -2.10. The zero-order chi connectivity index (χ0) is 28.7. The number of nitrogens with zero attached hydrogens (tertiary/aromatic N) is 4. The van der Waals surface area contributed by atoms with E-state index >= 15 is 0 Å². The number of rotatable bonds is 11. The first-order valence-corrected chi connectivity index (χ1v) is 15.8. The highest BCUT2D eigenvalue weighted by molar-refractivity contribution is 9.10. The van der Waals surface area contributed by atoms with E-state index in [2.05, 4.69) is 36.0 Å². The molecule has 1 unspecified atom stereocenters. The van der Waals surface area contributed by atoms with Crippen molar-refractivity contribution in [3.63, 3.8) is 0 Å². The van der Waals surface area contributed by atoms with Crippen LogP contribution in [0.2, 0.25) is 5.02 Å². The van der Waals surface area contributed by atoms with Gasteiger partial charge in [-0.3, -0.25) is 4.21 Å². The number of ether oxygens (including phenoxy) is 1. The van der Waals surface area contributed by atoms with Gasteiger partial charge in [-0.25, -0.2) is 4.39 Å². The van der Waals surface area contributed by atoms with E-state index in [1.54, 1.807) is 12.3 Å². The highest BCUT2D eigenvalue weighted by Crippen LogP contribution is 2.46. The van der Waals surface area contributed by atoms with Crippen LogP contribution in [-0.4, -0.2) is 50.3 Å². The van der Waals surface area contributed by atoms with E-state index in [4.69, 9.17) is 20.8 Å².